The number of nitrogens with zero attached hydrogens (tertiary/aromatic N) is 4. The van der Waals surface area contributed by atoms with Crippen LogP contribution in [0.5, 0.6) is 0 Å². The highest BCUT2D eigenvalue weighted by Crippen LogP contribution is 2.31. The van der Waals surface area contributed by atoms with E-state index in [-0.39, 0.29) is 5.91 Å². The van der Waals surface area contributed by atoms with Gasteiger partial charge in [0, 0.05) is 29.7 Å². The first-order valence-electron chi connectivity index (χ1n) is 8.59. The zero-order chi connectivity index (χ0) is 17.3. The Morgan fingerprint density at radius 1 is 1.38 bits per heavy atom. The van der Waals surface area contributed by atoms with Crippen LogP contribution in [-0.4, -0.2) is 25.7 Å². The van der Waals surface area contributed by atoms with Gasteiger partial charge in [-0.2, -0.15) is 5.10 Å². The van der Waals surface area contributed by atoms with E-state index < -0.39 is 0 Å². The van der Waals surface area contributed by atoms with Crippen molar-refractivity contribution in [2.45, 2.75) is 59.4 Å². The minimum Gasteiger partial charge on any atom is -0.294 e. The third-order valence-electron chi connectivity index (χ3n) is 4.52. The summed E-state index contributed by atoms with van der Waals surface area (Å²) in [4.78, 5) is 20.9. The topological polar surface area (TPSA) is 72.7 Å². The summed E-state index contributed by atoms with van der Waals surface area (Å²) in [6.45, 7) is 9.10. The molecule has 2 aromatic heterocycles. The third kappa shape index (κ3) is 3.80. The number of rotatable bonds is 6. The number of amides is 1. The molecule has 1 aliphatic rings. The number of nitrogens with one attached hydrogen (secondary N) is 1. The van der Waals surface area contributed by atoms with Crippen LogP contribution >= 0.6 is 0 Å². The lowest BCUT2D eigenvalue weighted by Gasteiger charge is -2.08. The summed E-state index contributed by atoms with van der Waals surface area (Å²) < 4.78 is 2.05. The minimum absolute atomic E-state index is 0.104. The summed E-state index contributed by atoms with van der Waals surface area (Å²) in [6, 6.07) is 1.87. The molecular formula is C18H25N5O. The summed E-state index contributed by atoms with van der Waals surface area (Å²) in [5.74, 6) is 1.32. The van der Waals surface area contributed by atoms with E-state index in [1.165, 1.54) is 12.8 Å². The van der Waals surface area contributed by atoms with Gasteiger partial charge in [0.05, 0.1) is 12.1 Å². The van der Waals surface area contributed by atoms with Crippen molar-refractivity contribution in [3.8, 4) is 0 Å². The van der Waals surface area contributed by atoms with Crippen LogP contribution in [0.2, 0.25) is 0 Å². The molecule has 3 rings (SSSR count). The molecule has 128 valence electrons. The maximum Gasteiger partial charge on any atom is 0.231 e. The molecule has 0 spiro atoms. The van der Waals surface area contributed by atoms with Crippen LogP contribution in [0.1, 0.15) is 55.3 Å². The van der Waals surface area contributed by atoms with Crippen molar-refractivity contribution >= 4 is 11.9 Å². The van der Waals surface area contributed by atoms with E-state index in [2.05, 4.69) is 34.2 Å². The molecule has 0 unspecified atom stereocenters. The van der Waals surface area contributed by atoms with Crippen molar-refractivity contribution in [1.82, 2.24) is 19.7 Å². The van der Waals surface area contributed by atoms with Gasteiger partial charge < -0.3 is 0 Å². The number of hydrogen-bond acceptors (Lipinski definition) is 4. The first kappa shape index (κ1) is 16.6. The van der Waals surface area contributed by atoms with Gasteiger partial charge in [0.1, 0.15) is 0 Å². The van der Waals surface area contributed by atoms with Gasteiger partial charge in [-0.15, -0.1) is 0 Å². The van der Waals surface area contributed by atoms with E-state index in [1.807, 2.05) is 24.6 Å². The normalized spacial score (nSPS) is 14.2. The van der Waals surface area contributed by atoms with Crippen LogP contribution in [-0.2, 0) is 17.8 Å². The SMILES string of the molecule is Cc1nn(CC2CC2)c(C)c1CC(=O)Nc1nccc(C(C)C)n1. The van der Waals surface area contributed by atoms with Crippen molar-refractivity contribution in [2.75, 3.05) is 5.32 Å². The molecule has 24 heavy (non-hydrogen) atoms. The number of hydrogen-bond donors (Lipinski definition) is 1. The average Bonchev–Trinajstić information content (AvgIpc) is 3.31. The lowest BCUT2D eigenvalue weighted by atomic mass is 10.1. The highest BCUT2D eigenvalue weighted by atomic mass is 16.1. The van der Waals surface area contributed by atoms with Crippen molar-refractivity contribution in [3.63, 3.8) is 0 Å². The molecule has 6 heteroatoms. The molecule has 0 bridgehead atoms. The van der Waals surface area contributed by atoms with E-state index >= 15 is 0 Å². The molecule has 0 saturated heterocycles. The summed E-state index contributed by atoms with van der Waals surface area (Å²) in [6.07, 6.45) is 4.56. The fourth-order valence-electron chi connectivity index (χ4n) is 2.80. The standard InChI is InChI=1S/C18H25N5O/c1-11(2)16-7-8-19-18(20-16)21-17(24)9-15-12(3)22-23(13(15)4)10-14-5-6-14/h7-8,11,14H,5-6,9-10H2,1-4H3,(H,19,20,21,24). The smallest absolute Gasteiger partial charge is 0.231 e. The van der Waals surface area contributed by atoms with E-state index in [0.29, 0.717) is 18.3 Å². The molecule has 0 radical (unpaired) electrons. The predicted molar refractivity (Wildman–Crippen MR) is 92.9 cm³/mol. The Bertz CT molecular complexity index is 746. The van der Waals surface area contributed by atoms with Gasteiger partial charge in [-0.3, -0.25) is 14.8 Å². The molecule has 6 nitrogen and oxygen atoms in total. The van der Waals surface area contributed by atoms with E-state index in [9.17, 15) is 4.79 Å². The predicted octanol–water partition coefficient (Wildman–Crippen LogP) is 3.00. The second kappa shape index (κ2) is 6.71. The van der Waals surface area contributed by atoms with Crippen LogP contribution in [0.15, 0.2) is 12.3 Å². The maximum absolute atomic E-state index is 12.4. The Hall–Kier alpha value is -2.24. The van der Waals surface area contributed by atoms with E-state index in [0.717, 1.165) is 35.1 Å². The number of aromatic nitrogens is 4. The fraction of sp³-hybridized carbons (Fsp3) is 0.556. The highest BCUT2D eigenvalue weighted by Gasteiger charge is 2.24. The maximum atomic E-state index is 12.4. The Morgan fingerprint density at radius 2 is 2.12 bits per heavy atom. The minimum atomic E-state index is -0.104. The van der Waals surface area contributed by atoms with Gasteiger partial charge in [-0.05, 0) is 44.6 Å². The van der Waals surface area contributed by atoms with Crippen molar-refractivity contribution in [1.29, 1.82) is 0 Å². The molecule has 1 aliphatic carbocycles. The number of carbonyl (C=O) groups is 1. The Morgan fingerprint density at radius 3 is 2.79 bits per heavy atom. The Labute approximate surface area is 142 Å². The van der Waals surface area contributed by atoms with Crippen molar-refractivity contribution in [3.05, 3.63) is 34.9 Å². The second-order valence-electron chi connectivity index (χ2n) is 6.96. The molecule has 0 atom stereocenters. The van der Waals surface area contributed by atoms with E-state index in [4.69, 9.17) is 0 Å². The lowest BCUT2D eigenvalue weighted by Crippen LogP contribution is -2.17. The second-order valence-corrected chi connectivity index (χ2v) is 6.96. The summed E-state index contributed by atoms with van der Waals surface area (Å²) >= 11 is 0. The fourth-order valence-corrected chi connectivity index (χ4v) is 2.80. The average molecular weight is 327 g/mol. The number of anilines is 1. The molecule has 1 fully saturated rings. The van der Waals surface area contributed by atoms with Crippen molar-refractivity contribution in [2.24, 2.45) is 5.92 Å². The summed E-state index contributed by atoms with van der Waals surface area (Å²) in [5.41, 5.74) is 3.95. The summed E-state index contributed by atoms with van der Waals surface area (Å²) in [7, 11) is 0. The van der Waals surface area contributed by atoms with Crippen LogP contribution < -0.4 is 5.32 Å². The van der Waals surface area contributed by atoms with Crippen LogP contribution in [0.3, 0.4) is 0 Å². The molecule has 1 amide bonds. The molecule has 1 N–H and O–H groups in total. The zero-order valence-electron chi connectivity index (χ0n) is 14.8. The Balaban J connectivity index is 1.68. The van der Waals surface area contributed by atoms with Gasteiger partial charge in [0.2, 0.25) is 11.9 Å². The van der Waals surface area contributed by atoms with Crippen LogP contribution in [0.4, 0.5) is 5.95 Å². The van der Waals surface area contributed by atoms with Gasteiger partial charge in [-0.25, -0.2) is 9.97 Å². The molecule has 1 saturated carbocycles. The van der Waals surface area contributed by atoms with E-state index in [1.54, 1.807) is 6.20 Å². The molecule has 0 aromatic carbocycles. The van der Waals surface area contributed by atoms with Gasteiger partial charge in [-0.1, -0.05) is 13.8 Å². The quantitative estimate of drug-likeness (QED) is 0.885. The highest BCUT2D eigenvalue weighted by molar-refractivity contribution is 5.90. The first-order valence-corrected chi connectivity index (χ1v) is 8.59. The molecular weight excluding hydrogens is 302 g/mol. The largest absolute Gasteiger partial charge is 0.294 e. The van der Waals surface area contributed by atoms with Gasteiger partial charge >= 0.3 is 0 Å². The summed E-state index contributed by atoms with van der Waals surface area (Å²) in [5, 5.41) is 7.40. The molecule has 0 aliphatic heterocycles. The van der Waals surface area contributed by atoms with Crippen molar-refractivity contribution < 1.29 is 4.79 Å². The Kier molecular flexibility index (Phi) is 4.64. The third-order valence-corrected chi connectivity index (χ3v) is 4.52. The monoisotopic (exact) mass is 327 g/mol. The number of carbonyl (C=O) groups excluding carboxylic acids is 1. The van der Waals surface area contributed by atoms with Gasteiger partial charge in [0.15, 0.2) is 0 Å². The van der Waals surface area contributed by atoms with Gasteiger partial charge in [0.25, 0.3) is 0 Å². The zero-order valence-corrected chi connectivity index (χ0v) is 14.8. The van der Waals surface area contributed by atoms with Crippen LogP contribution in [0.25, 0.3) is 0 Å². The molecule has 2 heterocycles. The first-order chi connectivity index (χ1) is 11.4. The number of aryl methyl sites for hydroxylation is 1. The lowest BCUT2D eigenvalue weighted by molar-refractivity contribution is -0.115. The van der Waals surface area contributed by atoms with Crippen LogP contribution in [0, 0.1) is 19.8 Å². The molecule has 2 aromatic rings.